The molecule has 1 aliphatic carbocycles. The van der Waals surface area contributed by atoms with Crippen molar-refractivity contribution in [2.24, 2.45) is 5.92 Å². The molecule has 0 saturated heterocycles. The molecule has 0 aliphatic heterocycles. The molecule has 5 unspecified atom stereocenters. The molecule has 0 amide bonds. The number of nitrogens with one attached hydrogen (secondary N) is 1. The van der Waals surface area contributed by atoms with E-state index in [1.165, 1.54) is 38.5 Å². The first-order chi connectivity index (χ1) is 9.08. The number of thioether (sulfide) groups is 1. The van der Waals surface area contributed by atoms with Crippen molar-refractivity contribution in [2.75, 3.05) is 6.54 Å². The van der Waals surface area contributed by atoms with Crippen LogP contribution < -0.4 is 5.32 Å². The van der Waals surface area contributed by atoms with Crippen LogP contribution in [0.15, 0.2) is 0 Å². The number of aliphatic hydroxyl groups is 1. The first-order valence-corrected chi connectivity index (χ1v) is 9.09. The highest BCUT2D eigenvalue weighted by Crippen LogP contribution is 2.37. The molecule has 2 nitrogen and oxygen atoms in total. The van der Waals surface area contributed by atoms with Crippen LogP contribution in [0, 0.1) is 5.92 Å². The van der Waals surface area contributed by atoms with Crippen molar-refractivity contribution < 1.29 is 5.11 Å². The van der Waals surface area contributed by atoms with Gasteiger partial charge in [0, 0.05) is 16.5 Å². The van der Waals surface area contributed by atoms with E-state index in [0.717, 1.165) is 12.5 Å². The summed E-state index contributed by atoms with van der Waals surface area (Å²) in [6.45, 7) is 9.73. The summed E-state index contributed by atoms with van der Waals surface area (Å²) in [5, 5.41) is 14.5. The number of hydrogen-bond acceptors (Lipinski definition) is 3. The van der Waals surface area contributed by atoms with Crippen LogP contribution in [0.4, 0.5) is 0 Å². The van der Waals surface area contributed by atoms with E-state index in [-0.39, 0.29) is 6.10 Å². The highest BCUT2D eigenvalue weighted by atomic mass is 32.2. The minimum Gasteiger partial charge on any atom is -0.392 e. The van der Waals surface area contributed by atoms with E-state index in [1.54, 1.807) is 0 Å². The third-order valence-corrected chi connectivity index (χ3v) is 6.02. The van der Waals surface area contributed by atoms with Gasteiger partial charge in [-0.25, -0.2) is 0 Å². The van der Waals surface area contributed by atoms with Crippen molar-refractivity contribution in [3.8, 4) is 0 Å². The number of aliphatic hydroxyl groups excluding tert-OH is 1. The average molecular weight is 288 g/mol. The minimum atomic E-state index is -0.205. The van der Waals surface area contributed by atoms with Crippen LogP contribution in [0.2, 0.25) is 0 Å². The number of rotatable bonds is 8. The maximum atomic E-state index is 9.74. The summed E-state index contributed by atoms with van der Waals surface area (Å²) < 4.78 is 0. The maximum absolute atomic E-state index is 9.74. The lowest BCUT2D eigenvalue weighted by Gasteiger charge is -2.38. The highest BCUT2D eigenvalue weighted by Gasteiger charge is 2.31. The fraction of sp³-hybridized carbons (Fsp3) is 1.00. The van der Waals surface area contributed by atoms with Crippen LogP contribution in [0.3, 0.4) is 0 Å². The molecular formula is C16H33NOS. The summed E-state index contributed by atoms with van der Waals surface area (Å²) in [6, 6.07) is 0.652. The predicted octanol–water partition coefficient (Wildman–Crippen LogP) is 3.83. The fourth-order valence-corrected chi connectivity index (χ4v) is 4.57. The van der Waals surface area contributed by atoms with E-state index in [4.69, 9.17) is 0 Å². The molecule has 1 aliphatic rings. The van der Waals surface area contributed by atoms with Crippen molar-refractivity contribution in [3.63, 3.8) is 0 Å². The predicted molar refractivity (Wildman–Crippen MR) is 86.9 cm³/mol. The van der Waals surface area contributed by atoms with Crippen molar-refractivity contribution in [3.05, 3.63) is 0 Å². The van der Waals surface area contributed by atoms with Gasteiger partial charge in [-0.2, -0.15) is 11.8 Å². The lowest BCUT2D eigenvalue weighted by atomic mass is 9.83. The van der Waals surface area contributed by atoms with E-state index in [1.807, 2.05) is 18.7 Å². The zero-order valence-corrected chi connectivity index (χ0v) is 14.0. The van der Waals surface area contributed by atoms with Gasteiger partial charge < -0.3 is 10.4 Å². The molecular weight excluding hydrogens is 254 g/mol. The summed E-state index contributed by atoms with van der Waals surface area (Å²) >= 11 is 2.00. The number of hydrogen-bond donors (Lipinski definition) is 2. The SMILES string of the molecule is CCCNC1CCC(CCC)CC1SC(C)C(C)O. The summed E-state index contributed by atoms with van der Waals surface area (Å²) in [6.07, 6.45) is 7.71. The van der Waals surface area contributed by atoms with Crippen molar-refractivity contribution in [1.29, 1.82) is 0 Å². The lowest BCUT2D eigenvalue weighted by molar-refractivity contribution is 0.195. The van der Waals surface area contributed by atoms with Crippen LogP contribution in [0.25, 0.3) is 0 Å². The van der Waals surface area contributed by atoms with Crippen LogP contribution in [0.1, 0.15) is 66.2 Å². The normalized spacial score (nSPS) is 31.1. The highest BCUT2D eigenvalue weighted by molar-refractivity contribution is 8.00. The molecule has 5 atom stereocenters. The second kappa shape index (κ2) is 9.25. The first kappa shape index (κ1) is 17.3. The second-order valence-corrected chi connectivity index (χ2v) is 7.77. The van der Waals surface area contributed by atoms with E-state index in [9.17, 15) is 5.11 Å². The fourth-order valence-electron chi connectivity index (χ4n) is 2.99. The van der Waals surface area contributed by atoms with Crippen molar-refractivity contribution >= 4 is 11.8 Å². The quantitative estimate of drug-likeness (QED) is 0.712. The zero-order chi connectivity index (χ0) is 14.3. The van der Waals surface area contributed by atoms with Gasteiger partial charge in [0.15, 0.2) is 0 Å². The van der Waals surface area contributed by atoms with Crippen molar-refractivity contribution in [1.82, 2.24) is 5.32 Å². The largest absolute Gasteiger partial charge is 0.392 e. The molecule has 0 heterocycles. The average Bonchev–Trinajstić information content (AvgIpc) is 2.38. The Labute approximate surface area is 124 Å². The van der Waals surface area contributed by atoms with Gasteiger partial charge in [0.1, 0.15) is 0 Å². The van der Waals surface area contributed by atoms with Gasteiger partial charge in [0.2, 0.25) is 0 Å². The Bertz CT molecular complexity index is 235. The molecule has 114 valence electrons. The van der Waals surface area contributed by atoms with Gasteiger partial charge in [0.25, 0.3) is 0 Å². The Morgan fingerprint density at radius 2 is 1.95 bits per heavy atom. The van der Waals surface area contributed by atoms with Gasteiger partial charge >= 0.3 is 0 Å². The molecule has 0 radical (unpaired) electrons. The smallest absolute Gasteiger partial charge is 0.0628 e. The molecule has 1 saturated carbocycles. The molecule has 0 spiro atoms. The molecule has 19 heavy (non-hydrogen) atoms. The van der Waals surface area contributed by atoms with Gasteiger partial charge in [-0.05, 0) is 45.1 Å². The molecule has 2 N–H and O–H groups in total. The van der Waals surface area contributed by atoms with Gasteiger partial charge in [-0.1, -0.05) is 33.6 Å². The summed E-state index contributed by atoms with van der Waals surface area (Å²) in [5.74, 6) is 0.906. The standard InChI is InChI=1S/C16H33NOS/c1-5-7-14-8-9-15(17-10-6-2)16(11-14)19-13(4)12(3)18/h12-18H,5-11H2,1-4H3. The molecule has 0 aromatic carbocycles. The molecule has 0 aromatic heterocycles. The van der Waals surface area contributed by atoms with E-state index < -0.39 is 0 Å². The third-order valence-electron chi connectivity index (χ3n) is 4.32. The maximum Gasteiger partial charge on any atom is 0.0628 e. The van der Waals surface area contributed by atoms with E-state index >= 15 is 0 Å². The Morgan fingerprint density at radius 1 is 1.21 bits per heavy atom. The second-order valence-electron chi connectivity index (χ2n) is 6.15. The molecule has 1 fully saturated rings. The molecule has 0 bridgehead atoms. The molecule has 1 rings (SSSR count). The van der Waals surface area contributed by atoms with Crippen molar-refractivity contribution in [2.45, 2.75) is 88.9 Å². The van der Waals surface area contributed by atoms with Crippen LogP contribution in [-0.4, -0.2) is 34.3 Å². The van der Waals surface area contributed by atoms with E-state index in [0.29, 0.717) is 16.5 Å². The topological polar surface area (TPSA) is 32.3 Å². The Kier molecular flexibility index (Phi) is 8.43. The van der Waals surface area contributed by atoms with Gasteiger partial charge in [-0.3, -0.25) is 0 Å². The van der Waals surface area contributed by atoms with Crippen LogP contribution in [0.5, 0.6) is 0 Å². The molecule has 3 heteroatoms. The Balaban J connectivity index is 2.54. The lowest BCUT2D eigenvalue weighted by Crippen LogP contribution is -2.44. The summed E-state index contributed by atoms with van der Waals surface area (Å²) in [5.41, 5.74) is 0. The minimum absolute atomic E-state index is 0.205. The third kappa shape index (κ3) is 6.05. The molecule has 0 aromatic rings. The van der Waals surface area contributed by atoms with Gasteiger partial charge in [-0.15, -0.1) is 0 Å². The first-order valence-electron chi connectivity index (χ1n) is 8.15. The van der Waals surface area contributed by atoms with Crippen LogP contribution in [-0.2, 0) is 0 Å². The Morgan fingerprint density at radius 3 is 2.53 bits per heavy atom. The zero-order valence-electron chi connectivity index (χ0n) is 13.2. The van der Waals surface area contributed by atoms with Crippen LogP contribution >= 0.6 is 11.8 Å². The monoisotopic (exact) mass is 287 g/mol. The van der Waals surface area contributed by atoms with Gasteiger partial charge in [0.05, 0.1) is 6.10 Å². The summed E-state index contributed by atoms with van der Waals surface area (Å²) in [7, 11) is 0. The van der Waals surface area contributed by atoms with E-state index in [2.05, 4.69) is 26.1 Å². The summed E-state index contributed by atoms with van der Waals surface area (Å²) in [4.78, 5) is 0. The Hall–Kier alpha value is 0.270.